The molecule has 7 heteroatoms. The molecule has 1 aliphatic heterocycles. The van der Waals surface area contributed by atoms with Gasteiger partial charge in [0.05, 0.1) is 24.8 Å². The summed E-state index contributed by atoms with van der Waals surface area (Å²) in [7, 11) is 0. The highest BCUT2D eigenvalue weighted by Crippen LogP contribution is 2.24. The minimum absolute atomic E-state index is 0.0415. The number of amides is 1. The molecule has 2 heterocycles. The van der Waals surface area contributed by atoms with Crippen LogP contribution in [0.4, 0.5) is 0 Å². The molecule has 0 aliphatic carbocycles. The summed E-state index contributed by atoms with van der Waals surface area (Å²) in [6.45, 7) is 6.56. The van der Waals surface area contributed by atoms with Gasteiger partial charge in [-0.25, -0.2) is 0 Å². The van der Waals surface area contributed by atoms with E-state index in [-0.39, 0.29) is 12.1 Å². The summed E-state index contributed by atoms with van der Waals surface area (Å²) in [6.07, 6.45) is 0. The van der Waals surface area contributed by atoms with Crippen LogP contribution >= 0.6 is 0 Å². The van der Waals surface area contributed by atoms with Crippen molar-refractivity contribution in [2.24, 2.45) is 5.73 Å². The molecule has 3 aromatic rings. The fourth-order valence-electron chi connectivity index (χ4n) is 4.02. The number of carbonyl (C=O) groups excluding carboxylic acids is 1. The number of ether oxygens (including phenoxy) is 1. The fourth-order valence-corrected chi connectivity index (χ4v) is 4.02. The van der Waals surface area contributed by atoms with E-state index in [2.05, 4.69) is 40.5 Å². The first-order valence-electron chi connectivity index (χ1n) is 11.1. The summed E-state index contributed by atoms with van der Waals surface area (Å²) in [4.78, 5) is 27.2. The third-order valence-electron chi connectivity index (χ3n) is 6.05. The quantitative estimate of drug-likeness (QED) is 0.566. The van der Waals surface area contributed by atoms with Crippen LogP contribution in [-0.2, 0) is 22.6 Å². The summed E-state index contributed by atoms with van der Waals surface area (Å²) < 4.78 is 7.31. The Morgan fingerprint density at radius 1 is 1.06 bits per heavy atom. The number of fused-ring (bicyclic) bond motifs is 1. The number of carbonyl (C=O) groups is 1. The van der Waals surface area contributed by atoms with Crippen LogP contribution in [-0.4, -0.2) is 54.3 Å². The topological polar surface area (TPSA) is 89.6 Å². The van der Waals surface area contributed by atoms with Gasteiger partial charge < -0.3 is 20.4 Å². The Morgan fingerprint density at radius 2 is 1.81 bits per heavy atom. The van der Waals surface area contributed by atoms with E-state index in [1.165, 1.54) is 0 Å². The van der Waals surface area contributed by atoms with E-state index in [0.717, 1.165) is 54.9 Å². The molecule has 0 saturated carbocycles. The normalized spacial score (nSPS) is 15.7. The lowest BCUT2D eigenvalue weighted by Gasteiger charge is -2.27. The Labute approximate surface area is 187 Å². The van der Waals surface area contributed by atoms with Crippen molar-refractivity contribution in [1.29, 1.82) is 0 Å². The average molecular weight is 435 g/mol. The first-order chi connectivity index (χ1) is 15.5. The molecule has 0 bridgehead atoms. The van der Waals surface area contributed by atoms with Crippen molar-refractivity contribution in [3.05, 3.63) is 70.5 Å². The Balaban J connectivity index is 1.71. The highest BCUT2D eigenvalue weighted by Gasteiger charge is 2.15. The third kappa shape index (κ3) is 5.07. The predicted molar refractivity (Wildman–Crippen MR) is 126 cm³/mol. The molecule has 1 amide bonds. The largest absolute Gasteiger partial charge is 0.379 e. The number of pyridine rings is 1. The summed E-state index contributed by atoms with van der Waals surface area (Å²) in [5.74, 6) is -0.439. The van der Waals surface area contributed by atoms with Crippen molar-refractivity contribution >= 4 is 16.8 Å². The summed E-state index contributed by atoms with van der Waals surface area (Å²) in [5.41, 5.74) is 9.05. The molecule has 4 rings (SSSR count). The lowest BCUT2D eigenvalue weighted by atomic mass is 10.0. The molecule has 1 aliphatic rings. The molecular weight excluding hydrogens is 404 g/mol. The third-order valence-corrected chi connectivity index (χ3v) is 6.05. The second-order valence-electron chi connectivity index (χ2n) is 8.22. The molecule has 2 aromatic carbocycles. The monoisotopic (exact) mass is 434 g/mol. The number of morpholine rings is 1. The van der Waals surface area contributed by atoms with Crippen LogP contribution in [0.2, 0.25) is 0 Å². The Morgan fingerprint density at radius 3 is 2.53 bits per heavy atom. The van der Waals surface area contributed by atoms with Gasteiger partial charge in [-0.15, -0.1) is 0 Å². The summed E-state index contributed by atoms with van der Waals surface area (Å²) in [5, 5.41) is 4.05. The van der Waals surface area contributed by atoms with E-state index in [0.29, 0.717) is 12.1 Å². The molecule has 0 unspecified atom stereocenters. The Bertz CT molecular complexity index is 1140. The highest BCUT2D eigenvalue weighted by molar-refractivity contribution is 5.85. The maximum Gasteiger partial charge on any atom is 0.255 e. The minimum Gasteiger partial charge on any atom is -0.379 e. The minimum atomic E-state index is -0.507. The van der Waals surface area contributed by atoms with Gasteiger partial charge in [0.15, 0.2) is 0 Å². The number of aromatic nitrogens is 1. The zero-order valence-corrected chi connectivity index (χ0v) is 18.4. The number of benzene rings is 2. The van der Waals surface area contributed by atoms with Crippen LogP contribution in [0.15, 0.2) is 59.4 Å². The zero-order chi connectivity index (χ0) is 22.5. The van der Waals surface area contributed by atoms with Crippen molar-refractivity contribution in [3.8, 4) is 11.1 Å². The number of primary amides is 1. The zero-order valence-electron chi connectivity index (χ0n) is 18.4. The number of rotatable bonds is 8. The second-order valence-corrected chi connectivity index (χ2v) is 8.22. The van der Waals surface area contributed by atoms with Crippen LogP contribution in [0.3, 0.4) is 0 Å². The molecule has 1 saturated heterocycles. The van der Waals surface area contributed by atoms with Gasteiger partial charge in [-0.3, -0.25) is 14.5 Å². The van der Waals surface area contributed by atoms with Crippen molar-refractivity contribution in [2.75, 3.05) is 32.8 Å². The molecular formula is C25H30N4O3. The van der Waals surface area contributed by atoms with Gasteiger partial charge in [0.2, 0.25) is 5.91 Å². The van der Waals surface area contributed by atoms with Crippen LogP contribution in [0.1, 0.15) is 12.5 Å². The molecule has 168 valence electrons. The fraction of sp³-hybridized carbons (Fsp3) is 0.360. The van der Waals surface area contributed by atoms with E-state index in [9.17, 15) is 9.59 Å². The van der Waals surface area contributed by atoms with Gasteiger partial charge in [0.1, 0.15) is 0 Å². The maximum absolute atomic E-state index is 13.4. The number of hydrogen-bond donors (Lipinski definition) is 2. The molecule has 0 spiro atoms. The van der Waals surface area contributed by atoms with E-state index < -0.39 is 11.9 Å². The first kappa shape index (κ1) is 22.2. The van der Waals surface area contributed by atoms with Gasteiger partial charge >= 0.3 is 0 Å². The molecule has 1 aromatic heterocycles. The second kappa shape index (κ2) is 10.1. The predicted octanol–water partition coefficient (Wildman–Crippen LogP) is 1.96. The van der Waals surface area contributed by atoms with Crippen molar-refractivity contribution in [1.82, 2.24) is 14.8 Å². The Kier molecular flexibility index (Phi) is 6.99. The standard InChI is InChI=1S/C25H30N4O3/c1-18(24(26)30)27-17-22-15-21-8-7-20(19-5-3-2-4-6-19)16-23(21)29(25(22)31)10-9-28-11-13-32-14-12-28/h2-8,15-16,18,27H,9-14,17H2,1H3,(H2,26,30)/t18-/m0/s1. The molecule has 1 fully saturated rings. The van der Waals surface area contributed by atoms with E-state index in [1.807, 2.05) is 28.8 Å². The number of nitrogens with two attached hydrogens (primary N) is 1. The lowest BCUT2D eigenvalue weighted by molar-refractivity contribution is -0.119. The first-order valence-corrected chi connectivity index (χ1v) is 11.1. The van der Waals surface area contributed by atoms with E-state index >= 15 is 0 Å². The van der Waals surface area contributed by atoms with Crippen LogP contribution < -0.4 is 16.6 Å². The maximum atomic E-state index is 13.4. The van der Waals surface area contributed by atoms with Crippen molar-refractivity contribution < 1.29 is 9.53 Å². The van der Waals surface area contributed by atoms with E-state index in [4.69, 9.17) is 10.5 Å². The lowest BCUT2D eigenvalue weighted by Crippen LogP contribution is -2.41. The van der Waals surface area contributed by atoms with Gasteiger partial charge in [0, 0.05) is 38.3 Å². The molecule has 32 heavy (non-hydrogen) atoms. The number of nitrogens with zero attached hydrogens (tertiary/aromatic N) is 2. The van der Waals surface area contributed by atoms with Crippen LogP contribution in [0, 0.1) is 0 Å². The molecule has 7 nitrogen and oxygen atoms in total. The summed E-state index contributed by atoms with van der Waals surface area (Å²) in [6, 6.07) is 17.8. The van der Waals surface area contributed by atoms with E-state index in [1.54, 1.807) is 6.92 Å². The smallest absolute Gasteiger partial charge is 0.255 e. The average Bonchev–Trinajstić information content (AvgIpc) is 2.83. The summed E-state index contributed by atoms with van der Waals surface area (Å²) >= 11 is 0. The van der Waals surface area contributed by atoms with Crippen molar-refractivity contribution in [2.45, 2.75) is 26.1 Å². The van der Waals surface area contributed by atoms with Crippen molar-refractivity contribution in [3.63, 3.8) is 0 Å². The van der Waals surface area contributed by atoms with Crippen LogP contribution in [0.5, 0.6) is 0 Å². The molecule has 0 radical (unpaired) electrons. The van der Waals surface area contributed by atoms with Gasteiger partial charge in [-0.2, -0.15) is 0 Å². The Hall–Kier alpha value is -3.00. The van der Waals surface area contributed by atoms with Gasteiger partial charge in [-0.1, -0.05) is 42.5 Å². The number of nitrogens with one attached hydrogen (secondary N) is 1. The molecule has 3 N–H and O–H groups in total. The van der Waals surface area contributed by atoms with Gasteiger partial charge in [0.25, 0.3) is 5.56 Å². The number of hydrogen-bond acceptors (Lipinski definition) is 5. The van der Waals surface area contributed by atoms with Gasteiger partial charge in [-0.05, 0) is 35.6 Å². The van der Waals surface area contributed by atoms with Crippen LogP contribution in [0.25, 0.3) is 22.0 Å². The SMILES string of the molecule is C[C@H](NCc1cc2ccc(-c3ccccc3)cc2n(CCN2CCOCC2)c1=O)C(N)=O. The molecule has 1 atom stereocenters. The highest BCUT2D eigenvalue weighted by atomic mass is 16.5.